The molecule has 3 nitrogen and oxygen atoms in total. The van der Waals surface area contributed by atoms with Crippen LogP contribution < -0.4 is 14.8 Å². The van der Waals surface area contributed by atoms with Gasteiger partial charge in [-0.15, -0.1) is 0 Å². The van der Waals surface area contributed by atoms with Crippen LogP contribution in [0.25, 0.3) is 0 Å². The second-order valence-corrected chi connectivity index (χ2v) is 5.48. The summed E-state index contributed by atoms with van der Waals surface area (Å²) < 4.78 is 11.3. The van der Waals surface area contributed by atoms with Crippen molar-refractivity contribution in [2.75, 3.05) is 19.8 Å². The van der Waals surface area contributed by atoms with Gasteiger partial charge in [0.15, 0.2) is 11.5 Å². The van der Waals surface area contributed by atoms with E-state index in [4.69, 9.17) is 9.47 Å². The zero-order valence-electron chi connectivity index (χ0n) is 12.0. The minimum Gasteiger partial charge on any atom is -0.486 e. The SMILES string of the molecule is C1=C(CCNCc2cccc3c2OCCO3)CCCC1. The Kier molecular flexibility index (Phi) is 4.59. The first-order valence-electron chi connectivity index (χ1n) is 7.69. The molecule has 0 saturated carbocycles. The molecule has 0 bridgehead atoms. The lowest BCUT2D eigenvalue weighted by Gasteiger charge is -2.21. The minimum atomic E-state index is 0.650. The van der Waals surface area contributed by atoms with Gasteiger partial charge in [-0.25, -0.2) is 0 Å². The summed E-state index contributed by atoms with van der Waals surface area (Å²) in [6.45, 7) is 3.19. The lowest BCUT2D eigenvalue weighted by atomic mass is 9.97. The van der Waals surface area contributed by atoms with Gasteiger partial charge in [0.05, 0.1) is 0 Å². The number of nitrogens with one attached hydrogen (secondary N) is 1. The van der Waals surface area contributed by atoms with E-state index in [1.54, 1.807) is 5.57 Å². The molecule has 0 atom stereocenters. The minimum absolute atomic E-state index is 0.650. The summed E-state index contributed by atoms with van der Waals surface area (Å²) in [5.74, 6) is 1.80. The van der Waals surface area contributed by atoms with Gasteiger partial charge in [-0.3, -0.25) is 0 Å². The van der Waals surface area contributed by atoms with E-state index in [1.807, 2.05) is 12.1 Å². The van der Waals surface area contributed by atoms with Crippen LogP contribution in [-0.4, -0.2) is 19.8 Å². The van der Waals surface area contributed by atoms with Crippen molar-refractivity contribution in [3.8, 4) is 11.5 Å². The standard InChI is InChI=1S/C17H23NO2/c1-2-5-14(6-3-1)9-10-18-13-15-7-4-8-16-17(15)20-12-11-19-16/h4-5,7-8,18H,1-3,6,9-13H2. The van der Waals surface area contributed by atoms with Gasteiger partial charge >= 0.3 is 0 Å². The van der Waals surface area contributed by atoms with Gasteiger partial charge in [-0.2, -0.15) is 0 Å². The van der Waals surface area contributed by atoms with Crippen molar-refractivity contribution in [1.82, 2.24) is 5.32 Å². The van der Waals surface area contributed by atoms with Crippen LogP contribution in [-0.2, 0) is 6.54 Å². The highest BCUT2D eigenvalue weighted by Crippen LogP contribution is 2.33. The predicted octanol–water partition coefficient (Wildman–Crippen LogP) is 3.44. The van der Waals surface area contributed by atoms with Gasteiger partial charge < -0.3 is 14.8 Å². The van der Waals surface area contributed by atoms with E-state index in [9.17, 15) is 0 Å². The molecule has 108 valence electrons. The summed E-state index contributed by atoms with van der Waals surface area (Å²) in [6, 6.07) is 6.12. The van der Waals surface area contributed by atoms with Crippen molar-refractivity contribution in [3.63, 3.8) is 0 Å². The summed E-state index contributed by atoms with van der Waals surface area (Å²) in [4.78, 5) is 0. The van der Waals surface area contributed by atoms with E-state index in [0.29, 0.717) is 13.2 Å². The average molecular weight is 273 g/mol. The third kappa shape index (κ3) is 3.34. The second kappa shape index (κ2) is 6.80. The number of allylic oxidation sites excluding steroid dienone is 1. The number of hydrogen-bond acceptors (Lipinski definition) is 3. The maximum atomic E-state index is 5.73. The zero-order valence-corrected chi connectivity index (χ0v) is 12.0. The Balaban J connectivity index is 1.50. The molecule has 1 aliphatic heterocycles. The third-order valence-electron chi connectivity index (χ3n) is 3.97. The molecule has 0 unspecified atom stereocenters. The summed E-state index contributed by atoms with van der Waals surface area (Å²) in [6.07, 6.45) is 8.89. The van der Waals surface area contributed by atoms with Crippen LogP contribution in [0.3, 0.4) is 0 Å². The molecule has 1 aromatic rings. The van der Waals surface area contributed by atoms with Crippen LogP contribution in [0.15, 0.2) is 29.8 Å². The second-order valence-electron chi connectivity index (χ2n) is 5.48. The zero-order chi connectivity index (χ0) is 13.6. The van der Waals surface area contributed by atoms with E-state index in [1.165, 1.54) is 37.7 Å². The summed E-state index contributed by atoms with van der Waals surface area (Å²) in [7, 11) is 0. The average Bonchev–Trinajstić information content (AvgIpc) is 2.53. The first-order valence-corrected chi connectivity index (χ1v) is 7.69. The van der Waals surface area contributed by atoms with Gasteiger partial charge in [0.1, 0.15) is 13.2 Å². The van der Waals surface area contributed by atoms with Crippen molar-refractivity contribution >= 4 is 0 Å². The summed E-state index contributed by atoms with van der Waals surface area (Å²) in [5.41, 5.74) is 2.82. The van der Waals surface area contributed by atoms with Crippen molar-refractivity contribution in [2.24, 2.45) is 0 Å². The van der Waals surface area contributed by atoms with Crippen LogP contribution >= 0.6 is 0 Å². The first-order chi connectivity index (χ1) is 9.93. The number of hydrogen-bond donors (Lipinski definition) is 1. The lowest BCUT2D eigenvalue weighted by molar-refractivity contribution is 0.169. The van der Waals surface area contributed by atoms with Gasteiger partial charge in [0.2, 0.25) is 0 Å². The summed E-state index contributed by atoms with van der Waals surface area (Å²) >= 11 is 0. The molecule has 0 fully saturated rings. The molecule has 0 spiro atoms. The molecule has 0 radical (unpaired) electrons. The van der Waals surface area contributed by atoms with Crippen molar-refractivity contribution < 1.29 is 9.47 Å². The third-order valence-corrected chi connectivity index (χ3v) is 3.97. The Morgan fingerprint density at radius 3 is 2.95 bits per heavy atom. The fourth-order valence-electron chi connectivity index (χ4n) is 2.88. The normalized spacial score (nSPS) is 17.7. The molecular weight excluding hydrogens is 250 g/mol. The van der Waals surface area contributed by atoms with E-state index >= 15 is 0 Å². The van der Waals surface area contributed by atoms with E-state index in [0.717, 1.165) is 24.6 Å². The first kappa shape index (κ1) is 13.5. The molecular formula is C17H23NO2. The van der Waals surface area contributed by atoms with Crippen LogP contribution in [0, 0.1) is 0 Å². The van der Waals surface area contributed by atoms with E-state index < -0.39 is 0 Å². The fourth-order valence-corrected chi connectivity index (χ4v) is 2.88. The predicted molar refractivity (Wildman–Crippen MR) is 80.3 cm³/mol. The highest BCUT2D eigenvalue weighted by molar-refractivity contribution is 5.47. The van der Waals surface area contributed by atoms with Crippen LogP contribution in [0.2, 0.25) is 0 Å². The fraction of sp³-hybridized carbons (Fsp3) is 0.529. The monoisotopic (exact) mass is 273 g/mol. The quantitative estimate of drug-likeness (QED) is 0.658. The highest BCUT2D eigenvalue weighted by Gasteiger charge is 2.14. The van der Waals surface area contributed by atoms with Gasteiger partial charge in [0, 0.05) is 12.1 Å². The number of rotatable bonds is 5. The molecule has 20 heavy (non-hydrogen) atoms. The summed E-state index contributed by atoms with van der Waals surface area (Å²) in [5, 5.41) is 3.52. The van der Waals surface area contributed by atoms with Crippen molar-refractivity contribution in [3.05, 3.63) is 35.4 Å². The Morgan fingerprint density at radius 2 is 2.05 bits per heavy atom. The number of fused-ring (bicyclic) bond motifs is 1. The number of ether oxygens (including phenoxy) is 2. The van der Waals surface area contributed by atoms with Crippen LogP contribution in [0.1, 0.15) is 37.7 Å². The molecule has 1 N–H and O–H groups in total. The molecule has 1 heterocycles. The van der Waals surface area contributed by atoms with Crippen molar-refractivity contribution in [1.29, 1.82) is 0 Å². The molecule has 3 heteroatoms. The van der Waals surface area contributed by atoms with Crippen molar-refractivity contribution in [2.45, 2.75) is 38.6 Å². The van der Waals surface area contributed by atoms with Gasteiger partial charge in [0.25, 0.3) is 0 Å². The molecule has 0 saturated heterocycles. The Morgan fingerprint density at radius 1 is 1.10 bits per heavy atom. The topological polar surface area (TPSA) is 30.5 Å². The Hall–Kier alpha value is -1.48. The molecule has 2 aliphatic rings. The van der Waals surface area contributed by atoms with Crippen LogP contribution in [0.4, 0.5) is 0 Å². The number of para-hydroxylation sites is 1. The molecule has 1 aliphatic carbocycles. The van der Waals surface area contributed by atoms with Gasteiger partial charge in [-0.05, 0) is 44.7 Å². The highest BCUT2D eigenvalue weighted by atomic mass is 16.6. The smallest absolute Gasteiger partial charge is 0.165 e. The van der Waals surface area contributed by atoms with Gasteiger partial charge in [-0.1, -0.05) is 23.8 Å². The lowest BCUT2D eigenvalue weighted by Crippen LogP contribution is -2.20. The Bertz CT molecular complexity index is 482. The molecule has 3 rings (SSSR count). The van der Waals surface area contributed by atoms with Crippen LogP contribution in [0.5, 0.6) is 11.5 Å². The molecule has 0 amide bonds. The largest absolute Gasteiger partial charge is 0.486 e. The number of benzene rings is 1. The van der Waals surface area contributed by atoms with E-state index in [2.05, 4.69) is 17.5 Å². The maximum absolute atomic E-state index is 5.73. The van der Waals surface area contributed by atoms with E-state index in [-0.39, 0.29) is 0 Å². The molecule has 1 aromatic carbocycles. The Labute approximate surface area is 121 Å². The molecule has 0 aromatic heterocycles. The maximum Gasteiger partial charge on any atom is 0.165 e.